The third kappa shape index (κ3) is 5.25. The predicted molar refractivity (Wildman–Crippen MR) is 62.9 cm³/mol. The van der Waals surface area contributed by atoms with Crippen molar-refractivity contribution in [3.63, 3.8) is 0 Å². The molecule has 1 rings (SSSR count). The van der Waals surface area contributed by atoms with E-state index in [4.69, 9.17) is 0 Å². The fourth-order valence-electron chi connectivity index (χ4n) is 1.06. The van der Waals surface area contributed by atoms with Crippen molar-refractivity contribution in [1.29, 1.82) is 0 Å². The zero-order valence-corrected chi connectivity index (χ0v) is 10.6. The lowest BCUT2D eigenvalue weighted by molar-refractivity contribution is 0.596. The van der Waals surface area contributed by atoms with Crippen LogP contribution in [0, 0.1) is 0 Å². The molecule has 15 heavy (non-hydrogen) atoms. The van der Waals surface area contributed by atoms with Crippen LogP contribution in [0.3, 0.4) is 0 Å². The SMILES string of the molecule is CCc1ncc(CNCCS(C)(=O)=O)s1. The third-order valence-electron chi connectivity index (χ3n) is 1.85. The van der Waals surface area contributed by atoms with Crippen molar-refractivity contribution >= 4 is 21.2 Å². The van der Waals surface area contributed by atoms with E-state index in [1.54, 1.807) is 11.3 Å². The van der Waals surface area contributed by atoms with Gasteiger partial charge in [0, 0.05) is 30.4 Å². The minimum atomic E-state index is -2.85. The molecule has 0 spiro atoms. The van der Waals surface area contributed by atoms with E-state index in [9.17, 15) is 8.42 Å². The molecular weight excluding hydrogens is 232 g/mol. The summed E-state index contributed by atoms with van der Waals surface area (Å²) < 4.78 is 21.7. The van der Waals surface area contributed by atoms with Crippen LogP contribution < -0.4 is 5.32 Å². The second kappa shape index (κ2) is 5.58. The van der Waals surface area contributed by atoms with Gasteiger partial charge in [-0.1, -0.05) is 6.92 Å². The number of nitrogens with zero attached hydrogens (tertiary/aromatic N) is 1. The Morgan fingerprint density at radius 3 is 2.80 bits per heavy atom. The third-order valence-corrected chi connectivity index (χ3v) is 3.94. The molecule has 1 N–H and O–H groups in total. The minimum absolute atomic E-state index is 0.187. The average Bonchev–Trinajstić information content (AvgIpc) is 2.59. The van der Waals surface area contributed by atoms with Gasteiger partial charge in [0.15, 0.2) is 0 Å². The summed E-state index contributed by atoms with van der Waals surface area (Å²) in [6, 6.07) is 0. The number of nitrogens with one attached hydrogen (secondary N) is 1. The number of hydrogen-bond acceptors (Lipinski definition) is 5. The van der Waals surface area contributed by atoms with Crippen molar-refractivity contribution in [2.75, 3.05) is 18.6 Å². The molecule has 0 amide bonds. The van der Waals surface area contributed by atoms with Crippen LogP contribution in [0.2, 0.25) is 0 Å². The summed E-state index contributed by atoms with van der Waals surface area (Å²) in [5, 5.41) is 4.21. The molecule has 0 atom stereocenters. The standard InChI is InChI=1S/C9H16N2O2S2/c1-3-9-11-7-8(14-9)6-10-4-5-15(2,12)13/h7,10H,3-6H2,1-2H3. The zero-order valence-electron chi connectivity index (χ0n) is 8.99. The smallest absolute Gasteiger partial charge is 0.148 e. The molecule has 86 valence electrons. The summed E-state index contributed by atoms with van der Waals surface area (Å²) in [4.78, 5) is 5.38. The van der Waals surface area contributed by atoms with E-state index < -0.39 is 9.84 Å². The molecule has 0 saturated carbocycles. The lowest BCUT2D eigenvalue weighted by atomic mass is 10.5. The van der Waals surface area contributed by atoms with Crippen molar-refractivity contribution in [3.8, 4) is 0 Å². The van der Waals surface area contributed by atoms with Crippen molar-refractivity contribution in [3.05, 3.63) is 16.1 Å². The van der Waals surface area contributed by atoms with Crippen LogP contribution in [0.4, 0.5) is 0 Å². The molecule has 0 aliphatic heterocycles. The largest absolute Gasteiger partial charge is 0.311 e. The van der Waals surface area contributed by atoms with E-state index in [2.05, 4.69) is 17.2 Å². The highest BCUT2D eigenvalue weighted by Gasteiger charge is 2.02. The van der Waals surface area contributed by atoms with Gasteiger partial charge in [-0.25, -0.2) is 13.4 Å². The quantitative estimate of drug-likeness (QED) is 0.758. The number of aryl methyl sites for hydroxylation is 1. The molecule has 1 heterocycles. The maximum atomic E-state index is 10.8. The van der Waals surface area contributed by atoms with Gasteiger partial charge in [0.2, 0.25) is 0 Å². The van der Waals surface area contributed by atoms with Gasteiger partial charge in [-0.3, -0.25) is 0 Å². The Bertz CT molecular complexity index is 398. The normalized spacial score (nSPS) is 11.9. The number of sulfone groups is 1. The highest BCUT2D eigenvalue weighted by Crippen LogP contribution is 2.12. The van der Waals surface area contributed by atoms with E-state index in [0.717, 1.165) is 16.3 Å². The Hall–Kier alpha value is -0.460. The molecule has 0 fully saturated rings. The first-order valence-electron chi connectivity index (χ1n) is 4.83. The van der Waals surface area contributed by atoms with Crippen molar-refractivity contribution in [2.45, 2.75) is 19.9 Å². The molecule has 0 saturated heterocycles. The summed E-state index contributed by atoms with van der Waals surface area (Å²) in [6.07, 6.45) is 4.04. The number of thiazole rings is 1. The van der Waals surface area contributed by atoms with Gasteiger partial charge in [0.05, 0.1) is 10.8 Å². The summed E-state index contributed by atoms with van der Waals surface area (Å²) in [6.45, 7) is 3.27. The molecular formula is C9H16N2O2S2. The first-order chi connectivity index (χ1) is 7.01. The van der Waals surface area contributed by atoms with Crippen LogP contribution in [0.1, 0.15) is 16.8 Å². The molecule has 0 aliphatic carbocycles. The summed E-state index contributed by atoms with van der Waals surface area (Å²) in [5.41, 5.74) is 0. The summed E-state index contributed by atoms with van der Waals surface area (Å²) in [7, 11) is -2.85. The fourth-order valence-corrected chi connectivity index (χ4v) is 2.41. The van der Waals surface area contributed by atoms with Gasteiger partial charge in [-0.15, -0.1) is 11.3 Å². The fraction of sp³-hybridized carbons (Fsp3) is 0.667. The minimum Gasteiger partial charge on any atom is -0.311 e. The van der Waals surface area contributed by atoms with Gasteiger partial charge in [-0.2, -0.15) is 0 Å². The molecule has 0 aliphatic rings. The maximum Gasteiger partial charge on any atom is 0.148 e. The van der Waals surface area contributed by atoms with E-state index in [0.29, 0.717) is 13.1 Å². The van der Waals surface area contributed by atoms with Crippen LogP contribution in [0.15, 0.2) is 6.20 Å². The van der Waals surface area contributed by atoms with Crippen LogP contribution in [-0.2, 0) is 22.8 Å². The van der Waals surface area contributed by atoms with E-state index in [1.807, 2.05) is 6.20 Å². The Morgan fingerprint density at radius 1 is 1.53 bits per heavy atom. The highest BCUT2D eigenvalue weighted by molar-refractivity contribution is 7.90. The molecule has 4 nitrogen and oxygen atoms in total. The van der Waals surface area contributed by atoms with Gasteiger partial charge >= 0.3 is 0 Å². The molecule has 0 radical (unpaired) electrons. The van der Waals surface area contributed by atoms with Gasteiger partial charge in [0.25, 0.3) is 0 Å². The predicted octanol–water partition coefficient (Wildman–Crippen LogP) is 0.840. The molecule has 0 aromatic carbocycles. The average molecular weight is 248 g/mol. The van der Waals surface area contributed by atoms with Crippen molar-refractivity contribution in [1.82, 2.24) is 10.3 Å². The van der Waals surface area contributed by atoms with Gasteiger partial charge < -0.3 is 5.32 Å². The first-order valence-corrected chi connectivity index (χ1v) is 7.71. The lowest BCUT2D eigenvalue weighted by Crippen LogP contribution is -2.21. The summed E-state index contributed by atoms with van der Waals surface area (Å²) >= 11 is 1.67. The topological polar surface area (TPSA) is 59.1 Å². The Balaban J connectivity index is 2.26. The van der Waals surface area contributed by atoms with E-state index >= 15 is 0 Å². The van der Waals surface area contributed by atoms with Crippen LogP contribution in [0.5, 0.6) is 0 Å². The van der Waals surface area contributed by atoms with E-state index in [1.165, 1.54) is 6.26 Å². The molecule has 0 unspecified atom stereocenters. The van der Waals surface area contributed by atoms with Gasteiger partial charge in [-0.05, 0) is 6.42 Å². The Morgan fingerprint density at radius 2 is 2.27 bits per heavy atom. The molecule has 1 aromatic heterocycles. The number of aromatic nitrogens is 1. The number of rotatable bonds is 6. The van der Waals surface area contributed by atoms with Gasteiger partial charge in [0.1, 0.15) is 9.84 Å². The molecule has 6 heteroatoms. The van der Waals surface area contributed by atoms with E-state index in [-0.39, 0.29) is 5.75 Å². The zero-order chi connectivity index (χ0) is 11.3. The maximum absolute atomic E-state index is 10.8. The van der Waals surface area contributed by atoms with Crippen LogP contribution >= 0.6 is 11.3 Å². The highest BCUT2D eigenvalue weighted by atomic mass is 32.2. The second-order valence-corrected chi connectivity index (χ2v) is 6.84. The lowest BCUT2D eigenvalue weighted by Gasteiger charge is -2.00. The van der Waals surface area contributed by atoms with Crippen LogP contribution in [-0.4, -0.2) is 32.0 Å². The van der Waals surface area contributed by atoms with Crippen LogP contribution in [0.25, 0.3) is 0 Å². The molecule has 1 aromatic rings. The molecule has 0 bridgehead atoms. The number of hydrogen-bond donors (Lipinski definition) is 1. The van der Waals surface area contributed by atoms with Crippen molar-refractivity contribution in [2.24, 2.45) is 0 Å². The second-order valence-electron chi connectivity index (χ2n) is 3.38. The Labute approximate surface area is 94.7 Å². The monoisotopic (exact) mass is 248 g/mol. The Kier molecular flexibility index (Phi) is 4.69. The summed E-state index contributed by atoms with van der Waals surface area (Å²) in [5.74, 6) is 0.187. The van der Waals surface area contributed by atoms with Crippen molar-refractivity contribution < 1.29 is 8.42 Å². The first kappa shape index (κ1) is 12.6.